The van der Waals surface area contributed by atoms with Crippen LogP contribution < -0.4 is 4.90 Å². The van der Waals surface area contributed by atoms with E-state index in [1.165, 1.54) is 24.3 Å². The number of carbonyl (C=O) groups excluding carboxylic acids is 6. The van der Waals surface area contributed by atoms with Crippen LogP contribution in [0.1, 0.15) is 99.1 Å². The molecule has 50 heavy (non-hydrogen) atoms. The standard InChI is InChI=1S/C39H26ClN3O6S/c1-2-3-16-50-22-10-12-24-28(18-22)35(45)32(34(24)44)30-14-13-23-20(19-42-36(46)25-6-4-5-7-26(25)37(42)47)8-15-31(33(23)41-30)43-38(48)27-11-9-21(40)17-29(27)39(43)49/h4-15,17-18,32H,2-3,16,19H2,1H3. The topological polar surface area (TPSA) is 122 Å². The quantitative estimate of drug-likeness (QED) is 0.0705. The smallest absolute Gasteiger partial charge is 0.266 e. The van der Waals surface area contributed by atoms with Crippen molar-refractivity contribution in [3.05, 3.63) is 135 Å². The summed E-state index contributed by atoms with van der Waals surface area (Å²) in [7, 11) is 0. The zero-order valence-electron chi connectivity index (χ0n) is 26.6. The van der Waals surface area contributed by atoms with Gasteiger partial charge < -0.3 is 0 Å². The summed E-state index contributed by atoms with van der Waals surface area (Å²) in [6.45, 7) is 1.99. The number of thioether (sulfide) groups is 1. The molecule has 5 aromatic rings. The van der Waals surface area contributed by atoms with E-state index in [-0.39, 0.29) is 51.2 Å². The Bertz CT molecular complexity index is 2350. The predicted molar refractivity (Wildman–Crippen MR) is 188 cm³/mol. The Morgan fingerprint density at radius 2 is 1.38 bits per heavy atom. The molecule has 0 saturated carbocycles. The Morgan fingerprint density at radius 3 is 2.12 bits per heavy atom. The first-order valence-corrected chi connectivity index (χ1v) is 17.5. The van der Waals surface area contributed by atoms with Gasteiger partial charge in [0.05, 0.1) is 45.7 Å². The van der Waals surface area contributed by atoms with Gasteiger partial charge in [0.25, 0.3) is 23.6 Å². The van der Waals surface area contributed by atoms with Crippen molar-refractivity contribution in [1.82, 2.24) is 9.88 Å². The number of pyridine rings is 1. The van der Waals surface area contributed by atoms with Gasteiger partial charge in [-0.05, 0) is 78.4 Å². The minimum Gasteiger partial charge on any atom is -0.293 e. The molecule has 1 atom stereocenters. The van der Waals surface area contributed by atoms with Crippen LogP contribution in [0.2, 0.25) is 5.02 Å². The first-order valence-electron chi connectivity index (χ1n) is 16.1. The number of nitrogens with zero attached hydrogens (tertiary/aromatic N) is 3. The normalized spacial score (nSPS) is 16.6. The number of benzene rings is 4. The van der Waals surface area contributed by atoms with Crippen LogP contribution in [-0.4, -0.2) is 50.8 Å². The number of fused-ring (bicyclic) bond motifs is 4. The highest BCUT2D eigenvalue weighted by Crippen LogP contribution is 2.40. The lowest BCUT2D eigenvalue weighted by molar-refractivity contribution is 0.0641. The van der Waals surface area contributed by atoms with Crippen molar-refractivity contribution in [3.63, 3.8) is 0 Å². The van der Waals surface area contributed by atoms with Crippen molar-refractivity contribution in [3.8, 4) is 0 Å². The third kappa shape index (κ3) is 4.89. The average molecular weight is 700 g/mol. The van der Waals surface area contributed by atoms with Gasteiger partial charge >= 0.3 is 0 Å². The second kappa shape index (κ2) is 12.2. The highest BCUT2D eigenvalue weighted by molar-refractivity contribution is 7.99. The minimum absolute atomic E-state index is 0.118. The zero-order valence-corrected chi connectivity index (χ0v) is 28.1. The van der Waals surface area contributed by atoms with Crippen LogP contribution in [0.3, 0.4) is 0 Å². The summed E-state index contributed by atoms with van der Waals surface area (Å²) in [6.07, 6.45) is 2.07. The molecule has 2 aliphatic heterocycles. The fourth-order valence-corrected chi connectivity index (χ4v) is 8.01. The highest BCUT2D eigenvalue weighted by atomic mass is 35.5. The van der Waals surface area contributed by atoms with E-state index in [9.17, 15) is 28.8 Å². The minimum atomic E-state index is -1.22. The van der Waals surface area contributed by atoms with Gasteiger partial charge in [-0.15, -0.1) is 11.8 Å². The van der Waals surface area contributed by atoms with Crippen LogP contribution in [0, 0.1) is 0 Å². The molecule has 1 aromatic heterocycles. The molecule has 246 valence electrons. The molecule has 8 rings (SSSR count). The number of imide groups is 2. The molecular weight excluding hydrogens is 674 g/mol. The lowest BCUT2D eigenvalue weighted by Gasteiger charge is -2.21. The third-order valence-corrected chi connectivity index (χ3v) is 10.7. The summed E-state index contributed by atoms with van der Waals surface area (Å²) < 4.78 is 0. The SMILES string of the molecule is CCCCSc1ccc2c(c1)C(=O)C(c1ccc3c(CN4C(=O)c5ccccc5C4=O)ccc(N4C(=O)c5ccc(Cl)cc5C4=O)c3n1)C2=O. The fourth-order valence-electron chi connectivity index (χ4n) is 6.81. The molecule has 0 radical (unpaired) electrons. The number of carbonyl (C=O) groups is 6. The molecule has 3 heterocycles. The zero-order chi connectivity index (χ0) is 34.8. The van der Waals surface area contributed by atoms with Crippen molar-refractivity contribution >= 4 is 75.1 Å². The Kier molecular flexibility index (Phi) is 7.73. The van der Waals surface area contributed by atoms with E-state index in [1.807, 2.05) is 6.07 Å². The van der Waals surface area contributed by atoms with Crippen LogP contribution in [0.5, 0.6) is 0 Å². The van der Waals surface area contributed by atoms with E-state index in [1.54, 1.807) is 66.4 Å². The van der Waals surface area contributed by atoms with Crippen LogP contribution in [0.25, 0.3) is 10.9 Å². The van der Waals surface area contributed by atoms with Gasteiger partial charge in [0.2, 0.25) is 0 Å². The number of ketones is 2. The van der Waals surface area contributed by atoms with Crippen molar-refractivity contribution in [2.75, 3.05) is 10.7 Å². The molecule has 0 bridgehead atoms. The van der Waals surface area contributed by atoms with Gasteiger partial charge in [-0.3, -0.25) is 33.7 Å². The van der Waals surface area contributed by atoms with Crippen LogP contribution in [-0.2, 0) is 6.54 Å². The van der Waals surface area contributed by atoms with Gasteiger partial charge in [-0.25, -0.2) is 9.88 Å². The van der Waals surface area contributed by atoms with Crippen molar-refractivity contribution < 1.29 is 28.8 Å². The largest absolute Gasteiger partial charge is 0.293 e. The molecule has 9 nitrogen and oxygen atoms in total. The number of rotatable bonds is 8. The molecule has 0 fully saturated rings. The fraction of sp³-hybridized carbons (Fsp3) is 0.154. The molecule has 11 heteroatoms. The first-order chi connectivity index (χ1) is 24.2. The molecule has 4 aromatic carbocycles. The van der Waals surface area contributed by atoms with Gasteiger partial charge in [0, 0.05) is 26.4 Å². The molecule has 1 unspecified atom stereocenters. The third-order valence-electron chi connectivity index (χ3n) is 9.35. The van der Waals surface area contributed by atoms with E-state index >= 15 is 0 Å². The summed E-state index contributed by atoms with van der Waals surface area (Å²) in [5.41, 5.74) is 2.50. The summed E-state index contributed by atoms with van der Waals surface area (Å²) in [4.78, 5) is 89.4. The molecule has 4 amide bonds. The van der Waals surface area contributed by atoms with Gasteiger partial charge in [-0.1, -0.05) is 49.2 Å². The summed E-state index contributed by atoms with van der Waals surface area (Å²) in [5.74, 6) is -3.19. The molecule has 0 N–H and O–H groups in total. The second-order valence-electron chi connectivity index (χ2n) is 12.3. The molecule has 0 spiro atoms. The Hall–Kier alpha value is -5.45. The van der Waals surface area contributed by atoms with E-state index in [0.29, 0.717) is 33.2 Å². The summed E-state index contributed by atoms with van der Waals surface area (Å²) in [6, 6.07) is 22.7. The maximum atomic E-state index is 13.8. The number of hydrogen-bond donors (Lipinski definition) is 0. The second-order valence-corrected chi connectivity index (χ2v) is 13.9. The predicted octanol–water partition coefficient (Wildman–Crippen LogP) is 7.54. The number of Topliss-reactive ketones (excluding diaryl/α,β-unsaturated/α-hetero) is 2. The number of halogens is 1. The number of unbranched alkanes of at least 4 members (excludes halogenated alkanes) is 1. The Labute approximate surface area is 295 Å². The molecule has 3 aliphatic rings. The van der Waals surface area contributed by atoms with E-state index in [0.717, 1.165) is 33.3 Å². The van der Waals surface area contributed by atoms with E-state index < -0.39 is 29.5 Å². The van der Waals surface area contributed by atoms with E-state index in [4.69, 9.17) is 16.6 Å². The number of anilines is 1. The van der Waals surface area contributed by atoms with Gasteiger partial charge in [0.1, 0.15) is 5.92 Å². The molecule has 1 aliphatic carbocycles. The van der Waals surface area contributed by atoms with Crippen molar-refractivity contribution in [1.29, 1.82) is 0 Å². The van der Waals surface area contributed by atoms with Crippen molar-refractivity contribution in [2.45, 2.75) is 37.1 Å². The van der Waals surface area contributed by atoms with Gasteiger partial charge in [0.15, 0.2) is 11.6 Å². The lowest BCUT2D eigenvalue weighted by Crippen LogP contribution is -2.31. The maximum absolute atomic E-state index is 13.8. The van der Waals surface area contributed by atoms with Crippen LogP contribution in [0.4, 0.5) is 5.69 Å². The monoisotopic (exact) mass is 699 g/mol. The van der Waals surface area contributed by atoms with Gasteiger partial charge in [-0.2, -0.15) is 0 Å². The lowest BCUT2D eigenvalue weighted by atomic mass is 9.97. The summed E-state index contributed by atoms with van der Waals surface area (Å²) >= 11 is 7.79. The number of hydrogen-bond acceptors (Lipinski definition) is 8. The Morgan fingerprint density at radius 1 is 0.700 bits per heavy atom. The maximum Gasteiger partial charge on any atom is 0.266 e. The summed E-state index contributed by atoms with van der Waals surface area (Å²) in [5, 5.41) is 0.723. The molecular formula is C39H26ClN3O6S. The first kappa shape index (κ1) is 31.8. The average Bonchev–Trinajstić information content (AvgIpc) is 3.62. The molecule has 0 saturated heterocycles. The van der Waals surface area contributed by atoms with Crippen LogP contribution in [0.15, 0.2) is 89.8 Å². The van der Waals surface area contributed by atoms with Crippen molar-refractivity contribution in [2.24, 2.45) is 0 Å². The number of amides is 4. The highest BCUT2D eigenvalue weighted by Gasteiger charge is 2.42. The Balaban J connectivity index is 1.23. The van der Waals surface area contributed by atoms with E-state index in [2.05, 4.69) is 6.92 Å². The number of aromatic nitrogens is 1. The van der Waals surface area contributed by atoms with Crippen LogP contribution >= 0.6 is 23.4 Å².